The molecule has 1 N–H and O–H groups in total. The third kappa shape index (κ3) is 5.40. The molecule has 10 rings (SSSR count). The number of benzene rings is 2. The van der Waals surface area contributed by atoms with Crippen molar-refractivity contribution in [3.63, 3.8) is 0 Å². The van der Waals surface area contributed by atoms with Gasteiger partial charge in [-0.15, -0.1) is 5.10 Å². The van der Waals surface area contributed by atoms with E-state index in [1.807, 2.05) is 19.9 Å². The highest BCUT2D eigenvalue weighted by Gasteiger charge is 2.51. The second-order valence-corrected chi connectivity index (χ2v) is 17.5. The van der Waals surface area contributed by atoms with Gasteiger partial charge in [-0.1, -0.05) is 61.3 Å². The molecule has 2 aliphatic carbocycles. The maximum atomic E-state index is 17.3. The normalized spacial score (nSPS) is 24.0. The van der Waals surface area contributed by atoms with Gasteiger partial charge in [0.1, 0.15) is 5.52 Å². The molecule has 3 saturated heterocycles. The summed E-state index contributed by atoms with van der Waals surface area (Å²) in [4.78, 5) is 21.3. The number of amides is 1. The lowest BCUT2D eigenvalue weighted by atomic mass is 9.79. The van der Waals surface area contributed by atoms with Gasteiger partial charge >= 0.3 is 0 Å². The Kier molecular flexibility index (Phi) is 8.19. The topological polar surface area (TPSA) is 105 Å². The number of nitriles is 1. The van der Waals surface area contributed by atoms with Gasteiger partial charge in [0.2, 0.25) is 5.91 Å². The van der Waals surface area contributed by atoms with Crippen molar-refractivity contribution in [2.45, 2.75) is 103 Å². The van der Waals surface area contributed by atoms with Crippen LogP contribution >= 0.6 is 23.2 Å². The third-order valence-corrected chi connectivity index (χ3v) is 13.0. The summed E-state index contributed by atoms with van der Waals surface area (Å²) in [5.41, 5.74) is 6.28. The van der Waals surface area contributed by atoms with E-state index in [2.05, 4.69) is 62.7 Å². The van der Waals surface area contributed by atoms with Crippen molar-refractivity contribution in [2.24, 2.45) is 11.8 Å². The fourth-order valence-corrected chi connectivity index (χ4v) is 10.1. The molecular formula is C41H43Cl2FN8O. The SMILES string of the molecule is Cc1nnn(C2CC(c3cc4c(C)nc5c(F)c(-c6cccc(Cl)c6Cl)c(CCC#N)cc5c4n3C3C4CNC3C4)N(C(=O)C3CC3)C2)c1C(C)(C)C. The molecule has 0 radical (unpaired) electrons. The van der Waals surface area contributed by atoms with Gasteiger partial charge in [0, 0.05) is 70.2 Å². The number of aromatic nitrogens is 5. The van der Waals surface area contributed by atoms with Crippen LogP contribution < -0.4 is 5.32 Å². The summed E-state index contributed by atoms with van der Waals surface area (Å²) in [5.74, 6) is 0.190. The van der Waals surface area contributed by atoms with Crippen LogP contribution in [0.3, 0.4) is 0 Å². The number of fused-ring (bicyclic) bond motifs is 4. The lowest BCUT2D eigenvalue weighted by Gasteiger charge is -2.39. The number of carbonyl (C=O) groups is 1. The molecule has 5 aromatic rings. The van der Waals surface area contributed by atoms with Crippen LogP contribution in [0, 0.1) is 42.8 Å². The maximum Gasteiger partial charge on any atom is 0.226 e. The molecule has 0 spiro atoms. The monoisotopic (exact) mass is 752 g/mol. The van der Waals surface area contributed by atoms with Crippen LogP contribution in [0.4, 0.5) is 4.39 Å². The van der Waals surface area contributed by atoms with Gasteiger partial charge < -0.3 is 14.8 Å². The number of aryl methyl sites for hydroxylation is 3. The zero-order valence-electron chi connectivity index (χ0n) is 30.7. The molecule has 5 atom stereocenters. The molecule has 5 unspecified atom stereocenters. The van der Waals surface area contributed by atoms with Crippen molar-refractivity contribution < 1.29 is 9.18 Å². The van der Waals surface area contributed by atoms with Gasteiger partial charge in [0.25, 0.3) is 0 Å². The Hall–Kier alpha value is -4.04. The average molecular weight is 754 g/mol. The lowest BCUT2D eigenvalue weighted by Crippen LogP contribution is -2.41. The first-order valence-corrected chi connectivity index (χ1v) is 19.6. The predicted molar refractivity (Wildman–Crippen MR) is 205 cm³/mol. The fourth-order valence-electron chi connectivity index (χ4n) is 9.69. The van der Waals surface area contributed by atoms with E-state index in [1.54, 1.807) is 18.2 Å². The summed E-state index contributed by atoms with van der Waals surface area (Å²) in [6.07, 6.45) is 4.15. The van der Waals surface area contributed by atoms with E-state index in [9.17, 15) is 10.1 Å². The Bertz CT molecular complexity index is 2370. The van der Waals surface area contributed by atoms with Gasteiger partial charge in [-0.05, 0) is 75.6 Å². The maximum absolute atomic E-state index is 17.3. The summed E-state index contributed by atoms with van der Waals surface area (Å²) >= 11 is 13.2. The fraction of sp³-hybridized carbons (Fsp3) is 0.488. The Morgan fingerprint density at radius 2 is 1.91 bits per heavy atom. The van der Waals surface area contributed by atoms with Crippen LogP contribution in [0.5, 0.6) is 0 Å². The van der Waals surface area contributed by atoms with Crippen LogP contribution in [0.2, 0.25) is 10.0 Å². The molecule has 2 bridgehead atoms. The summed E-state index contributed by atoms with van der Waals surface area (Å²) in [6.45, 7) is 12.0. The van der Waals surface area contributed by atoms with Gasteiger partial charge in [-0.2, -0.15) is 5.26 Å². The van der Waals surface area contributed by atoms with Crippen molar-refractivity contribution >= 4 is 50.9 Å². The Morgan fingerprint density at radius 3 is 2.58 bits per heavy atom. The van der Waals surface area contributed by atoms with Crippen LogP contribution in [-0.4, -0.2) is 54.5 Å². The lowest BCUT2D eigenvalue weighted by molar-refractivity contribution is -0.133. The molecule has 1 amide bonds. The van der Waals surface area contributed by atoms with E-state index >= 15 is 4.39 Å². The largest absolute Gasteiger partial charge is 0.337 e. The van der Waals surface area contributed by atoms with Crippen molar-refractivity contribution in [2.75, 3.05) is 13.1 Å². The first-order valence-electron chi connectivity index (χ1n) is 18.8. The molecule has 6 heterocycles. The molecular weight excluding hydrogens is 710 g/mol. The molecule has 2 aromatic carbocycles. The van der Waals surface area contributed by atoms with Crippen molar-refractivity contribution in [3.05, 3.63) is 74.5 Å². The van der Waals surface area contributed by atoms with Crippen LogP contribution in [-0.2, 0) is 16.6 Å². The molecule has 5 aliphatic rings. The number of carbonyl (C=O) groups excluding carboxylic acids is 1. The number of pyridine rings is 1. The predicted octanol–water partition coefficient (Wildman–Crippen LogP) is 8.72. The summed E-state index contributed by atoms with van der Waals surface area (Å²) in [6, 6.07) is 11.9. The highest BCUT2D eigenvalue weighted by molar-refractivity contribution is 6.43. The van der Waals surface area contributed by atoms with Crippen LogP contribution in [0.1, 0.15) is 99.3 Å². The van der Waals surface area contributed by atoms with E-state index in [4.69, 9.17) is 28.2 Å². The Balaban J connectivity index is 1.29. The second kappa shape index (κ2) is 12.5. The van der Waals surface area contributed by atoms with Crippen molar-refractivity contribution in [1.29, 1.82) is 5.26 Å². The number of halogens is 3. The van der Waals surface area contributed by atoms with E-state index < -0.39 is 5.82 Å². The zero-order valence-corrected chi connectivity index (χ0v) is 32.2. The number of nitrogens with zero attached hydrogens (tertiary/aromatic N) is 7. The van der Waals surface area contributed by atoms with Crippen molar-refractivity contribution in [3.8, 4) is 17.2 Å². The Labute approximate surface area is 318 Å². The van der Waals surface area contributed by atoms with Crippen LogP contribution in [0.15, 0.2) is 30.3 Å². The minimum absolute atomic E-state index is 0.0446. The molecule has 53 heavy (non-hydrogen) atoms. The molecule has 2 saturated carbocycles. The molecule has 3 aromatic heterocycles. The van der Waals surface area contributed by atoms with E-state index in [0.29, 0.717) is 52.4 Å². The van der Waals surface area contributed by atoms with Gasteiger partial charge in [-0.3, -0.25) is 4.79 Å². The van der Waals surface area contributed by atoms with Gasteiger partial charge in [0.05, 0.1) is 51.1 Å². The summed E-state index contributed by atoms with van der Waals surface area (Å²) in [7, 11) is 0. The van der Waals surface area contributed by atoms with E-state index in [-0.39, 0.29) is 58.4 Å². The standard InChI is InChI=1S/C41H43Cl2FN8O/c1-20-27-17-32(31-16-25(19-50(31)40(53)22-11-12-22)52-39(41(3,4)5)21(2)48-49-52)51(37-24-15-30(37)46-18-24)38(27)28-14-23(8-7-13-45)33(35(44)36(28)47-20)26-9-6-10-29(42)34(26)43/h6,9-10,14,17,22,24-25,30-31,37,46H,7-8,11-12,15-16,18-19H2,1-5H3. The van der Waals surface area contributed by atoms with Gasteiger partial charge in [0.15, 0.2) is 5.82 Å². The first-order chi connectivity index (χ1) is 25.4. The summed E-state index contributed by atoms with van der Waals surface area (Å²) < 4.78 is 21.8. The second-order valence-electron chi connectivity index (χ2n) is 16.7. The average Bonchev–Trinajstić information content (AvgIpc) is 3.54. The number of rotatable bonds is 7. The van der Waals surface area contributed by atoms with Crippen LogP contribution in [0.25, 0.3) is 32.9 Å². The van der Waals surface area contributed by atoms with Crippen molar-refractivity contribution in [1.82, 2.24) is 34.8 Å². The highest BCUT2D eigenvalue weighted by atomic mass is 35.5. The highest BCUT2D eigenvalue weighted by Crippen LogP contribution is 2.52. The number of hydrogen-bond acceptors (Lipinski definition) is 6. The Morgan fingerprint density at radius 1 is 1.11 bits per heavy atom. The molecule has 5 fully saturated rings. The summed E-state index contributed by atoms with van der Waals surface area (Å²) in [5, 5.41) is 24.8. The zero-order chi connectivity index (χ0) is 37.1. The number of nitrogens with one attached hydrogen (secondary N) is 1. The smallest absolute Gasteiger partial charge is 0.226 e. The third-order valence-electron chi connectivity index (χ3n) is 12.2. The van der Waals surface area contributed by atoms with E-state index in [0.717, 1.165) is 59.5 Å². The quantitative estimate of drug-likeness (QED) is 0.178. The molecule has 3 aliphatic heterocycles. The number of hydrogen-bond donors (Lipinski definition) is 1. The van der Waals surface area contributed by atoms with Gasteiger partial charge in [-0.25, -0.2) is 14.1 Å². The molecule has 12 heteroatoms. The van der Waals surface area contributed by atoms with E-state index in [1.165, 1.54) is 0 Å². The molecule has 9 nitrogen and oxygen atoms in total. The number of likely N-dealkylation sites (tertiary alicyclic amines) is 1. The first kappa shape index (κ1) is 34.7. The molecule has 274 valence electrons. The minimum Gasteiger partial charge on any atom is -0.337 e. The minimum atomic E-state index is -0.476.